The van der Waals surface area contributed by atoms with Crippen molar-refractivity contribution in [3.8, 4) is 39.4 Å². The van der Waals surface area contributed by atoms with Gasteiger partial charge in [0.15, 0.2) is 5.58 Å². The van der Waals surface area contributed by atoms with E-state index in [1.54, 1.807) is 0 Å². The molecule has 61 heavy (non-hydrogen) atoms. The molecule has 0 bridgehead atoms. The van der Waals surface area contributed by atoms with Crippen LogP contribution in [0.4, 0.5) is 17.1 Å². The molecule has 0 spiro atoms. The number of benzene rings is 10. The molecule has 0 saturated heterocycles. The number of hydrogen-bond donors (Lipinski definition) is 0. The van der Waals surface area contributed by atoms with Crippen LogP contribution in [0.5, 0.6) is 0 Å². The van der Waals surface area contributed by atoms with Crippen molar-refractivity contribution in [1.29, 1.82) is 0 Å². The Morgan fingerprint density at radius 3 is 1.70 bits per heavy atom. The van der Waals surface area contributed by atoms with E-state index in [0.29, 0.717) is 5.89 Å². The average Bonchev–Trinajstić information content (AvgIpc) is 3.93. The van der Waals surface area contributed by atoms with Crippen molar-refractivity contribution in [2.75, 3.05) is 4.90 Å². The van der Waals surface area contributed by atoms with Crippen LogP contribution in [0.2, 0.25) is 0 Å². The molecule has 0 aliphatic heterocycles. The predicted molar refractivity (Wildman–Crippen MR) is 254 cm³/mol. The normalized spacial score (nSPS) is 11.6. The molecule has 0 radical (unpaired) electrons. The van der Waals surface area contributed by atoms with Crippen LogP contribution in [-0.4, -0.2) is 9.55 Å². The van der Waals surface area contributed by atoms with E-state index in [1.807, 2.05) is 30.3 Å². The number of aromatic nitrogens is 2. The molecule has 0 saturated carbocycles. The summed E-state index contributed by atoms with van der Waals surface area (Å²) in [6.07, 6.45) is 0. The van der Waals surface area contributed by atoms with Crippen molar-refractivity contribution in [2.24, 2.45) is 0 Å². The van der Waals surface area contributed by atoms with Crippen LogP contribution in [-0.2, 0) is 0 Å². The second-order valence-electron chi connectivity index (χ2n) is 15.6. The standard InChI is InChI=1S/C57H37N3O/c1-3-15-41(16-4-1)57-58-55-49-22-10-8-17-42(49)36-51(56(55)61-57)40-28-32-45(33-29-40)59(44-30-26-39(27-31-44)48-24-13-18-38-14-7-9-21-47(38)48)46-34-35-54-52(37-46)50-23-11-12-25-53(50)60(54)43-19-5-2-6-20-43/h1-37H. The van der Waals surface area contributed by atoms with Crippen LogP contribution < -0.4 is 4.90 Å². The second kappa shape index (κ2) is 14.3. The summed E-state index contributed by atoms with van der Waals surface area (Å²) < 4.78 is 8.99. The molecule has 0 atom stereocenters. The fraction of sp³-hybridized carbons (Fsp3) is 0. The maximum Gasteiger partial charge on any atom is 0.227 e. The van der Waals surface area contributed by atoms with E-state index in [2.05, 4.69) is 204 Å². The fourth-order valence-corrected chi connectivity index (χ4v) is 9.12. The quantitative estimate of drug-likeness (QED) is 0.162. The first kappa shape index (κ1) is 34.8. The fourth-order valence-electron chi connectivity index (χ4n) is 9.12. The van der Waals surface area contributed by atoms with Gasteiger partial charge < -0.3 is 13.9 Å². The first-order valence-corrected chi connectivity index (χ1v) is 20.7. The Morgan fingerprint density at radius 2 is 0.951 bits per heavy atom. The van der Waals surface area contributed by atoms with Gasteiger partial charge in [-0.05, 0) is 112 Å². The SMILES string of the molecule is c1ccc(-c2nc3c(o2)c(-c2ccc(N(c4ccc(-c5cccc6ccccc56)cc4)c4ccc5c(c4)c4ccccc4n5-c4ccccc4)cc2)cc2ccccc23)cc1. The molecule has 4 heteroatoms. The van der Waals surface area contributed by atoms with Crippen LogP contribution in [0.15, 0.2) is 229 Å². The van der Waals surface area contributed by atoms with E-state index in [0.717, 1.165) is 61.3 Å². The maximum absolute atomic E-state index is 6.62. The molecule has 0 aliphatic rings. The Kier molecular flexibility index (Phi) is 8.13. The summed E-state index contributed by atoms with van der Waals surface area (Å²) in [4.78, 5) is 7.42. The highest BCUT2D eigenvalue weighted by Crippen LogP contribution is 2.43. The number of anilines is 3. The van der Waals surface area contributed by atoms with Gasteiger partial charge in [0.1, 0.15) is 5.52 Å². The van der Waals surface area contributed by atoms with Crippen LogP contribution in [0.1, 0.15) is 0 Å². The Labute approximate surface area is 352 Å². The zero-order valence-electron chi connectivity index (χ0n) is 33.1. The minimum Gasteiger partial charge on any atom is -0.435 e. The number of rotatable bonds is 7. The Balaban J connectivity index is 1.01. The largest absolute Gasteiger partial charge is 0.435 e. The molecule has 0 fully saturated rings. The highest BCUT2D eigenvalue weighted by Gasteiger charge is 2.20. The van der Waals surface area contributed by atoms with Gasteiger partial charge in [-0.2, -0.15) is 0 Å². The van der Waals surface area contributed by atoms with Gasteiger partial charge in [-0.15, -0.1) is 0 Å². The van der Waals surface area contributed by atoms with Gasteiger partial charge >= 0.3 is 0 Å². The first-order valence-electron chi connectivity index (χ1n) is 20.7. The smallest absolute Gasteiger partial charge is 0.227 e. The van der Waals surface area contributed by atoms with Crippen LogP contribution in [0.25, 0.3) is 93.8 Å². The third kappa shape index (κ3) is 5.88. The monoisotopic (exact) mass is 779 g/mol. The van der Waals surface area contributed by atoms with Gasteiger partial charge in [-0.25, -0.2) is 4.98 Å². The lowest BCUT2D eigenvalue weighted by atomic mass is 9.98. The van der Waals surface area contributed by atoms with Gasteiger partial charge in [0.2, 0.25) is 5.89 Å². The van der Waals surface area contributed by atoms with Crippen molar-refractivity contribution < 1.29 is 4.42 Å². The molecule has 0 N–H and O–H groups in total. The van der Waals surface area contributed by atoms with Crippen molar-refractivity contribution in [2.45, 2.75) is 0 Å². The number of oxazole rings is 1. The summed E-state index contributed by atoms with van der Waals surface area (Å²) in [5.41, 5.74) is 13.8. The zero-order valence-corrected chi connectivity index (χ0v) is 33.1. The van der Waals surface area contributed by atoms with E-state index in [-0.39, 0.29) is 0 Å². The lowest BCUT2D eigenvalue weighted by Gasteiger charge is -2.26. The molecule has 2 heterocycles. The molecule has 12 rings (SSSR count). The second-order valence-corrected chi connectivity index (χ2v) is 15.6. The molecular formula is C57H37N3O. The van der Waals surface area contributed by atoms with E-state index >= 15 is 0 Å². The topological polar surface area (TPSA) is 34.2 Å². The van der Waals surface area contributed by atoms with E-state index < -0.39 is 0 Å². The molecule has 0 amide bonds. The highest BCUT2D eigenvalue weighted by atomic mass is 16.3. The van der Waals surface area contributed by atoms with Crippen molar-refractivity contribution in [3.63, 3.8) is 0 Å². The third-order valence-corrected chi connectivity index (χ3v) is 12.0. The number of para-hydroxylation sites is 2. The van der Waals surface area contributed by atoms with Gasteiger partial charge in [0, 0.05) is 50.0 Å². The maximum atomic E-state index is 6.62. The van der Waals surface area contributed by atoms with Crippen LogP contribution >= 0.6 is 0 Å². The average molecular weight is 780 g/mol. The van der Waals surface area contributed by atoms with Crippen molar-refractivity contribution in [3.05, 3.63) is 224 Å². The lowest BCUT2D eigenvalue weighted by Crippen LogP contribution is -2.10. The Bertz CT molecular complexity index is 3560. The minimum absolute atomic E-state index is 0.618. The van der Waals surface area contributed by atoms with Gasteiger partial charge in [0.05, 0.1) is 11.0 Å². The highest BCUT2D eigenvalue weighted by molar-refractivity contribution is 6.12. The summed E-state index contributed by atoms with van der Waals surface area (Å²) in [6, 6.07) is 80.0. The minimum atomic E-state index is 0.618. The predicted octanol–water partition coefficient (Wildman–Crippen LogP) is 15.7. The molecule has 286 valence electrons. The van der Waals surface area contributed by atoms with Crippen molar-refractivity contribution in [1.82, 2.24) is 9.55 Å². The molecule has 0 aliphatic carbocycles. The van der Waals surface area contributed by atoms with Gasteiger partial charge in [-0.1, -0.05) is 146 Å². The molecule has 10 aromatic carbocycles. The zero-order chi connectivity index (χ0) is 40.3. The third-order valence-electron chi connectivity index (χ3n) is 12.0. The number of hydrogen-bond acceptors (Lipinski definition) is 3. The van der Waals surface area contributed by atoms with Crippen LogP contribution in [0, 0.1) is 0 Å². The molecule has 2 aromatic heterocycles. The van der Waals surface area contributed by atoms with E-state index in [9.17, 15) is 0 Å². The summed E-state index contributed by atoms with van der Waals surface area (Å²) in [5, 5.41) is 7.09. The van der Waals surface area contributed by atoms with Crippen LogP contribution in [0.3, 0.4) is 0 Å². The Morgan fingerprint density at radius 1 is 0.377 bits per heavy atom. The first-order chi connectivity index (χ1) is 30.2. The van der Waals surface area contributed by atoms with E-state index in [1.165, 1.54) is 43.7 Å². The number of fused-ring (bicyclic) bond motifs is 7. The molecular weight excluding hydrogens is 743 g/mol. The molecule has 0 unspecified atom stereocenters. The Hall–Kier alpha value is -8.21. The lowest BCUT2D eigenvalue weighted by molar-refractivity contribution is 0.621. The van der Waals surface area contributed by atoms with Gasteiger partial charge in [0.25, 0.3) is 0 Å². The number of nitrogens with zero attached hydrogens (tertiary/aromatic N) is 3. The van der Waals surface area contributed by atoms with Gasteiger partial charge in [-0.3, -0.25) is 0 Å². The molecule has 4 nitrogen and oxygen atoms in total. The van der Waals surface area contributed by atoms with Crippen molar-refractivity contribution >= 4 is 71.5 Å². The van der Waals surface area contributed by atoms with E-state index in [4.69, 9.17) is 9.40 Å². The summed E-state index contributed by atoms with van der Waals surface area (Å²) in [7, 11) is 0. The molecule has 12 aromatic rings. The summed E-state index contributed by atoms with van der Waals surface area (Å²) >= 11 is 0. The summed E-state index contributed by atoms with van der Waals surface area (Å²) in [5.74, 6) is 0.618. The summed E-state index contributed by atoms with van der Waals surface area (Å²) in [6.45, 7) is 0.